The van der Waals surface area contributed by atoms with Gasteiger partial charge in [-0.15, -0.1) is 0 Å². The summed E-state index contributed by atoms with van der Waals surface area (Å²) in [4.78, 5) is 2.67. The number of aryl methyl sites for hydroxylation is 1. The Morgan fingerprint density at radius 2 is 1.67 bits per heavy atom. The Balaban J connectivity index is 2.03. The lowest BCUT2D eigenvalue weighted by atomic mass is 9.91. The van der Waals surface area contributed by atoms with Crippen molar-refractivity contribution in [3.63, 3.8) is 0 Å². The first kappa shape index (κ1) is 19.9. The minimum atomic E-state index is 0.686. The molecule has 2 N–H and O–H groups in total. The highest BCUT2D eigenvalue weighted by Gasteiger charge is 2.22. The van der Waals surface area contributed by atoms with E-state index in [1.165, 1.54) is 65.6 Å². The second kappa shape index (κ2) is 9.41. The van der Waals surface area contributed by atoms with E-state index < -0.39 is 0 Å². The van der Waals surface area contributed by atoms with Crippen molar-refractivity contribution < 1.29 is 0 Å². The van der Waals surface area contributed by atoms with Gasteiger partial charge in [0, 0.05) is 18.3 Å². The lowest BCUT2D eigenvalue weighted by molar-refractivity contribution is 0.418. The molecule has 0 unspecified atom stereocenters. The largest absolute Gasteiger partial charge is 0.369 e. The van der Waals surface area contributed by atoms with Gasteiger partial charge in [0.2, 0.25) is 0 Å². The number of anilines is 1. The summed E-state index contributed by atoms with van der Waals surface area (Å²) in [6.07, 6.45) is 8.83. The molecule has 2 nitrogen and oxygen atoms in total. The fourth-order valence-corrected chi connectivity index (χ4v) is 4.59. The van der Waals surface area contributed by atoms with Gasteiger partial charge in [0.15, 0.2) is 0 Å². The molecule has 0 aliphatic heterocycles. The van der Waals surface area contributed by atoms with E-state index in [9.17, 15) is 0 Å². The molecule has 146 valence electrons. The minimum Gasteiger partial charge on any atom is -0.369 e. The molecule has 2 aromatic rings. The van der Waals surface area contributed by atoms with E-state index in [4.69, 9.17) is 5.73 Å². The first-order chi connectivity index (χ1) is 13.2. The van der Waals surface area contributed by atoms with E-state index in [2.05, 4.69) is 62.1 Å². The monoisotopic (exact) mass is 364 g/mol. The van der Waals surface area contributed by atoms with Crippen LogP contribution in [0.4, 0.5) is 5.69 Å². The molecule has 0 radical (unpaired) electrons. The molecule has 0 saturated heterocycles. The molecule has 0 atom stereocenters. The summed E-state index contributed by atoms with van der Waals surface area (Å²) in [5.74, 6) is 0. The van der Waals surface area contributed by atoms with Crippen LogP contribution in [0.25, 0.3) is 11.1 Å². The van der Waals surface area contributed by atoms with Crippen LogP contribution in [0.5, 0.6) is 0 Å². The zero-order chi connectivity index (χ0) is 19.2. The maximum atomic E-state index is 5.94. The van der Waals surface area contributed by atoms with Crippen LogP contribution in [-0.2, 0) is 12.8 Å². The summed E-state index contributed by atoms with van der Waals surface area (Å²) in [5.41, 5.74) is 14.2. The fraction of sp³-hybridized carbons (Fsp3) is 0.520. The van der Waals surface area contributed by atoms with Crippen LogP contribution in [-0.4, -0.2) is 19.1 Å². The van der Waals surface area contributed by atoms with Gasteiger partial charge in [-0.1, -0.05) is 56.5 Å². The molecule has 27 heavy (non-hydrogen) atoms. The van der Waals surface area contributed by atoms with Gasteiger partial charge >= 0.3 is 0 Å². The molecule has 1 aliphatic rings. The van der Waals surface area contributed by atoms with Crippen molar-refractivity contribution in [2.24, 2.45) is 5.73 Å². The first-order valence-corrected chi connectivity index (χ1v) is 10.9. The molecule has 0 bridgehead atoms. The van der Waals surface area contributed by atoms with E-state index in [0.717, 1.165) is 19.4 Å². The van der Waals surface area contributed by atoms with E-state index in [1.807, 2.05) is 0 Å². The Kier molecular flexibility index (Phi) is 6.95. The van der Waals surface area contributed by atoms with Gasteiger partial charge in [-0.3, -0.25) is 0 Å². The molecule has 0 amide bonds. The van der Waals surface area contributed by atoms with Crippen molar-refractivity contribution in [3.8, 4) is 11.1 Å². The molecule has 1 saturated carbocycles. The summed E-state index contributed by atoms with van der Waals surface area (Å²) in [7, 11) is 0. The Morgan fingerprint density at radius 1 is 0.963 bits per heavy atom. The Hall–Kier alpha value is -1.80. The third-order valence-corrected chi connectivity index (χ3v) is 6.26. The van der Waals surface area contributed by atoms with E-state index in [0.29, 0.717) is 12.6 Å². The Bertz CT molecular complexity index is 727. The van der Waals surface area contributed by atoms with Gasteiger partial charge in [-0.25, -0.2) is 0 Å². The van der Waals surface area contributed by atoms with Crippen LogP contribution in [0.2, 0.25) is 0 Å². The minimum absolute atomic E-state index is 0.686. The highest BCUT2D eigenvalue weighted by atomic mass is 15.2. The van der Waals surface area contributed by atoms with Crippen LogP contribution in [0.3, 0.4) is 0 Å². The van der Waals surface area contributed by atoms with Crippen molar-refractivity contribution in [1.82, 2.24) is 0 Å². The lowest BCUT2D eigenvalue weighted by Crippen LogP contribution is -2.37. The molecule has 0 spiro atoms. The van der Waals surface area contributed by atoms with Gasteiger partial charge in [0.05, 0.1) is 0 Å². The molecule has 1 aliphatic carbocycles. The van der Waals surface area contributed by atoms with Crippen molar-refractivity contribution in [2.45, 2.75) is 71.8 Å². The predicted octanol–water partition coefficient (Wildman–Crippen LogP) is 5.88. The van der Waals surface area contributed by atoms with Crippen molar-refractivity contribution >= 4 is 5.69 Å². The molecule has 0 aromatic heterocycles. The van der Waals surface area contributed by atoms with Gasteiger partial charge in [-0.05, 0) is 80.0 Å². The van der Waals surface area contributed by atoms with Crippen molar-refractivity contribution in [2.75, 3.05) is 18.0 Å². The molecule has 2 aromatic carbocycles. The second-order valence-electron chi connectivity index (χ2n) is 7.95. The fourth-order valence-electron chi connectivity index (χ4n) is 4.59. The Labute approximate surface area is 165 Å². The summed E-state index contributed by atoms with van der Waals surface area (Å²) in [6, 6.07) is 14.5. The average molecular weight is 365 g/mol. The number of benzene rings is 2. The summed E-state index contributed by atoms with van der Waals surface area (Å²) < 4.78 is 0. The summed E-state index contributed by atoms with van der Waals surface area (Å²) >= 11 is 0. The lowest BCUT2D eigenvalue weighted by Gasteiger charge is -2.37. The number of rotatable bonds is 7. The quantitative estimate of drug-likeness (QED) is 0.664. The highest BCUT2D eigenvalue weighted by molar-refractivity contribution is 5.73. The molecule has 0 heterocycles. The van der Waals surface area contributed by atoms with Crippen LogP contribution in [0, 0.1) is 6.92 Å². The van der Waals surface area contributed by atoms with E-state index >= 15 is 0 Å². The van der Waals surface area contributed by atoms with Crippen LogP contribution < -0.4 is 10.6 Å². The van der Waals surface area contributed by atoms with E-state index in [1.54, 1.807) is 0 Å². The zero-order valence-corrected chi connectivity index (χ0v) is 17.4. The van der Waals surface area contributed by atoms with Gasteiger partial charge in [0.1, 0.15) is 0 Å². The third-order valence-electron chi connectivity index (χ3n) is 6.26. The molecule has 1 fully saturated rings. The number of nitrogens with zero attached hydrogens (tertiary/aromatic N) is 1. The topological polar surface area (TPSA) is 29.3 Å². The summed E-state index contributed by atoms with van der Waals surface area (Å²) in [5, 5.41) is 0. The SMILES string of the molecule is CCc1ccc(-c2cc(CCN)c(C)c(N(CC)C3CCCCC3)c2)cc1. The van der Waals surface area contributed by atoms with Gasteiger partial charge in [-0.2, -0.15) is 0 Å². The number of hydrogen-bond acceptors (Lipinski definition) is 2. The third kappa shape index (κ3) is 4.55. The predicted molar refractivity (Wildman–Crippen MR) is 119 cm³/mol. The molecular weight excluding hydrogens is 328 g/mol. The zero-order valence-electron chi connectivity index (χ0n) is 17.4. The standard InChI is InChI=1S/C25H36N2/c1-4-20-11-13-21(14-12-20)23-17-22(15-16-26)19(3)25(18-23)27(5-2)24-9-7-6-8-10-24/h11-14,17-18,24H,4-10,15-16,26H2,1-3H3. The maximum absolute atomic E-state index is 5.94. The van der Waals surface area contributed by atoms with E-state index in [-0.39, 0.29) is 0 Å². The molecular formula is C25H36N2. The van der Waals surface area contributed by atoms with Crippen LogP contribution >= 0.6 is 0 Å². The van der Waals surface area contributed by atoms with Gasteiger partial charge in [0.25, 0.3) is 0 Å². The molecule has 2 heteroatoms. The van der Waals surface area contributed by atoms with Crippen LogP contribution in [0.1, 0.15) is 62.6 Å². The van der Waals surface area contributed by atoms with Crippen molar-refractivity contribution in [1.29, 1.82) is 0 Å². The molecule has 3 rings (SSSR count). The number of hydrogen-bond donors (Lipinski definition) is 1. The summed E-state index contributed by atoms with van der Waals surface area (Å²) in [6.45, 7) is 8.58. The van der Waals surface area contributed by atoms with Crippen molar-refractivity contribution in [3.05, 3.63) is 53.1 Å². The second-order valence-corrected chi connectivity index (χ2v) is 7.95. The average Bonchev–Trinajstić information content (AvgIpc) is 2.72. The maximum Gasteiger partial charge on any atom is 0.0407 e. The van der Waals surface area contributed by atoms with Gasteiger partial charge < -0.3 is 10.6 Å². The first-order valence-electron chi connectivity index (χ1n) is 10.9. The number of nitrogens with two attached hydrogens (primary N) is 1. The highest BCUT2D eigenvalue weighted by Crippen LogP contribution is 2.35. The normalized spacial score (nSPS) is 15.1. The van der Waals surface area contributed by atoms with Crippen LogP contribution in [0.15, 0.2) is 36.4 Å². The smallest absolute Gasteiger partial charge is 0.0407 e. The Morgan fingerprint density at radius 3 is 2.26 bits per heavy atom.